The molecule has 0 aliphatic heterocycles. The maximum atomic E-state index is 6.06. The summed E-state index contributed by atoms with van der Waals surface area (Å²) < 4.78 is 0. The molecular formula is C14H14ClN3. The molecule has 2 N–H and O–H groups in total. The van der Waals surface area contributed by atoms with E-state index in [0.29, 0.717) is 5.02 Å². The van der Waals surface area contributed by atoms with Crippen LogP contribution in [0, 0.1) is 0 Å². The number of halogens is 1. The fraction of sp³-hybridized carbons (Fsp3) is 0.286. The molecule has 1 aromatic heterocycles. The number of rotatable bonds is 1. The minimum Gasteiger partial charge on any atom is -0.324 e. The Bertz CT molecular complexity index is 583. The highest BCUT2D eigenvalue weighted by molar-refractivity contribution is 6.30. The van der Waals surface area contributed by atoms with E-state index in [4.69, 9.17) is 17.3 Å². The second-order valence-electron chi connectivity index (χ2n) is 4.60. The quantitative estimate of drug-likeness (QED) is 0.856. The van der Waals surface area contributed by atoms with Gasteiger partial charge >= 0.3 is 0 Å². The molecule has 3 rings (SSSR count). The van der Waals surface area contributed by atoms with Crippen LogP contribution in [0.5, 0.6) is 0 Å². The average molecular weight is 260 g/mol. The van der Waals surface area contributed by atoms with E-state index >= 15 is 0 Å². The van der Waals surface area contributed by atoms with E-state index in [9.17, 15) is 0 Å². The van der Waals surface area contributed by atoms with Crippen LogP contribution in [0.25, 0.3) is 11.4 Å². The molecule has 0 saturated carbocycles. The molecule has 3 nitrogen and oxygen atoms in total. The molecule has 1 aliphatic carbocycles. The molecule has 1 aromatic carbocycles. The van der Waals surface area contributed by atoms with Gasteiger partial charge in [-0.1, -0.05) is 23.7 Å². The Morgan fingerprint density at radius 1 is 1.33 bits per heavy atom. The van der Waals surface area contributed by atoms with Crippen LogP contribution in [-0.2, 0) is 6.42 Å². The Morgan fingerprint density at radius 2 is 2.22 bits per heavy atom. The zero-order valence-electron chi connectivity index (χ0n) is 9.94. The molecule has 1 atom stereocenters. The minimum atomic E-state index is 0.0853. The molecule has 4 heteroatoms. The predicted molar refractivity (Wildman–Crippen MR) is 72.3 cm³/mol. The molecular weight excluding hydrogens is 246 g/mol. The summed E-state index contributed by atoms with van der Waals surface area (Å²) >= 11 is 5.99. The molecule has 0 fully saturated rings. The lowest BCUT2D eigenvalue weighted by Crippen LogP contribution is -2.19. The number of fused-ring (bicyclic) bond motifs is 1. The maximum Gasteiger partial charge on any atom is 0.159 e. The third kappa shape index (κ3) is 2.11. The monoisotopic (exact) mass is 259 g/mol. The highest BCUT2D eigenvalue weighted by atomic mass is 35.5. The van der Waals surface area contributed by atoms with Crippen LogP contribution < -0.4 is 5.73 Å². The van der Waals surface area contributed by atoms with E-state index in [0.717, 1.165) is 41.9 Å². The molecule has 0 bridgehead atoms. The summed E-state index contributed by atoms with van der Waals surface area (Å²) in [5.74, 6) is 0.727. The van der Waals surface area contributed by atoms with Crippen LogP contribution in [-0.4, -0.2) is 9.97 Å². The molecule has 0 radical (unpaired) electrons. The fourth-order valence-electron chi connectivity index (χ4n) is 2.35. The van der Waals surface area contributed by atoms with Gasteiger partial charge in [0.25, 0.3) is 0 Å². The van der Waals surface area contributed by atoms with E-state index in [2.05, 4.69) is 9.97 Å². The van der Waals surface area contributed by atoms with E-state index < -0.39 is 0 Å². The highest BCUT2D eigenvalue weighted by Gasteiger charge is 2.19. The number of nitrogens with zero attached hydrogens (tertiary/aromatic N) is 2. The fourth-order valence-corrected chi connectivity index (χ4v) is 2.54. The van der Waals surface area contributed by atoms with Gasteiger partial charge in [0.1, 0.15) is 0 Å². The first kappa shape index (κ1) is 11.6. The van der Waals surface area contributed by atoms with E-state index in [1.807, 2.05) is 30.5 Å². The summed E-state index contributed by atoms with van der Waals surface area (Å²) in [6, 6.07) is 7.69. The molecule has 2 aromatic rings. The first-order chi connectivity index (χ1) is 8.74. The summed E-state index contributed by atoms with van der Waals surface area (Å²) in [5, 5.41) is 0.700. The normalized spacial score (nSPS) is 18.4. The summed E-state index contributed by atoms with van der Waals surface area (Å²) in [6.45, 7) is 0. The van der Waals surface area contributed by atoms with Crippen molar-refractivity contribution in [2.24, 2.45) is 5.73 Å². The maximum absolute atomic E-state index is 6.06. The van der Waals surface area contributed by atoms with Crippen molar-refractivity contribution >= 4 is 11.6 Å². The number of hydrogen-bond acceptors (Lipinski definition) is 3. The van der Waals surface area contributed by atoms with Crippen molar-refractivity contribution in [1.82, 2.24) is 9.97 Å². The van der Waals surface area contributed by atoms with Gasteiger partial charge in [-0.25, -0.2) is 9.97 Å². The number of benzene rings is 1. The van der Waals surface area contributed by atoms with Crippen LogP contribution >= 0.6 is 11.6 Å². The second-order valence-corrected chi connectivity index (χ2v) is 5.04. The molecule has 18 heavy (non-hydrogen) atoms. The summed E-state index contributed by atoms with van der Waals surface area (Å²) in [7, 11) is 0. The first-order valence-corrected chi connectivity index (χ1v) is 6.49. The molecule has 1 heterocycles. The van der Waals surface area contributed by atoms with Gasteiger partial charge in [-0.3, -0.25) is 0 Å². The average Bonchev–Trinajstić information content (AvgIpc) is 2.39. The predicted octanol–water partition coefficient (Wildman–Crippen LogP) is 3.13. The van der Waals surface area contributed by atoms with E-state index in [1.165, 1.54) is 0 Å². The van der Waals surface area contributed by atoms with Crippen molar-refractivity contribution in [2.75, 3.05) is 0 Å². The Morgan fingerprint density at radius 3 is 3.06 bits per heavy atom. The van der Waals surface area contributed by atoms with Crippen LogP contribution in [0.1, 0.15) is 30.1 Å². The van der Waals surface area contributed by atoms with Gasteiger partial charge < -0.3 is 5.73 Å². The topological polar surface area (TPSA) is 51.8 Å². The number of hydrogen-bond donors (Lipinski definition) is 1. The van der Waals surface area contributed by atoms with Gasteiger partial charge in [-0.15, -0.1) is 0 Å². The number of aromatic nitrogens is 2. The van der Waals surface area contributed by atoms with Gasteiger partial charge in [0.05, 0.1) is 0 Å². The van der Waals surface area contributed by atoms with Crippen molar-refractivity contribution in [3.05, 3.63) is 46.7 Å². The third-order valence-electron chi connectivity index (χ3n) is 3.31. The Balaban J connectivity index is 2.04. The van der Waals surface area contributed by atoms with E-state index in [-0.39, 0.29) is 6.04 Å². The standard InChI is InChI=1S/C14H14ClN3/c15-10-4-1-3-9(7-10)14-17-8-11-12(16)5-2-6-13(11)18-14/h1,3-4,7-8,12H,2,5-6,16H2. The molecule has 1 aliphatic rings. The lowest BCUT2D eigenvalue weighted by molar-refractivity contribution is 0.557. The lowest BCUT2D eigenvalue weighted by Gasteiger charge is -2.21. The van der Waals surface area contributed by atoms with Crippen molar-refractivity contribution < 1.29 is 0 Å². The molecule has 1 unspecified atom stereocenters. The van der Waals surface area contributed by atoms with Crippen LogP contribution in [0.15, 0.2) is 30.5 Å². The van der Waals surface area contributed by atoms with E-state index in [1.54, 1.807) is 0 Å². The van der Waals surface area contributed by atoms with Gasteiger partial charge in [-0.2, -0.15) is 0 Å². The zero-order chi connectivity index (χ0) is 12.5. The first-order valence-electron chi connectivity index (χ1n) is 6.11. The summed E-state index contributed by atoms with van der Waals surface area (Å²) in [5.41, 5.74) is 9.18. The van der Waals surface area contributed by atoms with Crippen molar-refractivity contribution in [3.63, 3.8) is 0 Å². The molecule has 92 valence electrons. The third-order valence-corrected chi connectivity index (χ3v) is 3.55. The molecule has 0 saturated heterocycles. The van der Waals surface area contributed by atoms with Gasteiger partial charge in [-0.05, 0) is 31.4 Å². The van der Waals surface area contributed by atoms with Crippen molar-refractivity contribution in [2.45, 2.75) is 25.3 Å². The zero-order valence-corrected chi connectivity index (χ0v) is 10.7. The Kier molecular flexibility index (Phi) is 3.02. The highest BCUT2D eigenvalue weighted by Crippen LogP contribution is 2.28. The molecule has 0 amide bonds. The SMILES string of the molecule is NC1CCCc2nc(-c3cccc(Cl)c3)ncc21. The Labute approximate surface area is 111 Å². The smallest absolute Gasteiger partial charge is 0.159 e. The number of aryl methyl sites for hydroxylation is 1. The van der Waals surface area contributed by atoms with Gasteiger partial charge in [0.15, 0.2) is 5.82 Å². The van der Waals surface area contributed by atoms with Crippen LogP contribution in [0.4, 0.5) is 0 Å². The van der Waals surface area contributed by atoms with Crippen LogP contribution in [0.3, 0.4) is 0 Å². The summed E-state index contributed by atoms with van der Waals surface area (Å²) in [4.78, 5) is 9.03. The molecule has 0 spiro atoms. The van der Waals surface area contributed by atoms with Crippen molar-refractivity contribution in [3.8, 4) is 11.4 Å². The second kappa shape index (κ2) is 4.67. The van der Waals surface area contributed by atoms with Gasteiger partial charge in [0, 0.05) is 34.1 Å². The van der Waals surface area contributed by atoms with Crippen LogP contribution in [0.2, 0.25) is 5.02 Å². The number of nitrogens with two attached hydrogens (primary N) is 1. The largest absolute Gasteiger partial charge is 0.324 e. The Hall–Kier alpha value is -1.45. The summed E-state index contributed by atoms with van der Waals surface area (Å²) in [6.07, 6.45) is 4.97. The van der Waals surface area contributed by atoms with Gasteiger partial charge in [0.2, 0.25) is 0 Å². The minimum absolute atomic E-state index is 0.0853. The lowest BCUT2D eigenvalue weighted by atomic mass is 9.93. The van der Waals surface area contributed by atoms with Crippen molar-refractivity contribution in [1.29, 1.82) is 0 Å².